The van der Waals surface area contributed by atoms with Gasteiger partial charge >= 0.3 is 0 Å². The molecule has 1 heterocycles. The van der Waals surface area contributed by atoms with Gasteiger partial charge in [-0.1, -0.05) is 46.4 Å². The van der Waals surface area contributed by atoms with Crippen LogP contribution >= 0.6 is 46.4 Å². The van der Waals surface area contributed by atoms with Gasteiger partial charge < -0.3 is 5.32 Å². The Hall–Kier alpha value is -0.510. The zero-order valence-corrected chi connectivity index (χ0v) is 12.9. The van der Waals surface area contributed by atoms with Crippen LogP contribution in [0.15, 0.2) is 30.5 Å². The van der Waals surface area contributed by atoms with E-state index in [1.54, 1.807) is 37.5 Å². The summed E-state index contributed by atoms with van der Waals surface area (Å²) in [4.78, 5) is 4.27. The molecule has 2 rings (SSSR count). The van der Waals surface area contributed by atoms with Crippen LogP contribution in [-0.4, -0.2) is 12.0 Å². The van der Waals surface area contributed by atoms with E-state index in [4.69, 9.17) is 46.4 Å². The standard InChI is InChI=1S/C13H10Cl4N2/c1-18-12(9-4-7(14)2-3-10(9)16)13-11(17)5-8(15)6-19-13/h2-6,12,18H,1H3. The van der Waals surface area contributed by atoms with Gasteiger partial charge in [0.1, 0.15) is 0 Å². The Balaban J connectivity index is 2.52. The quantitative estimate of drug-likeness (QED) is 0.853. The van der Waals surface area contributed by atoms with Crippen molar-refractivity contribution in [1.82, 2.24) is 10.3 Å². The average molecular weight is 336 g/mol. The van der Waals surface area contributed by atoms with Crippen molar-refractivity contribution in [2.75, 3.05) is 7.05 Å². The second kappa shape index (κ2) is 6.29. The number of benzene rings is 1. The van der Waals surface area contributed by atoms with E-state index in [-0.39, 0.29) is 6.04 Å². The van der Waals surface area contributed by atoms with Crippen molar-refractivity contribution in [2.24, 2.45) is 0 Å². The maximum absolute atomic E-state index is 6.21. The van der Waals surface area contributed by atoms with Gasteiger partial charge in [-0.05, 0) is 36.9 Å². The van der Waals surface area contributed by atoms with Gasteiger partial charge in [0.2, 0.25) is 0 Å². The Labute approximate surface area is 131 Å². The molecule has 2 nitrogen and oxygen atoms in total. The predicted molar refractivity (Wildman–Crippen MR) is 81.6 cm³/mol. The number of nitrogens with one attached hydrogen (secondary N) is 1. The fourth-order valence-electron chi connectivity index (χ4n) is 1.81. The number of halogens is 4. The largest absolute Gasteiger partial charge is 0.308 e. The highest BCUT2D eigenvalue weighted by Gasteiger charge is 2.20. The molecule has 0 saturated heterocycles. The van der Waals surface area contributed by atoms with Gasteiger partial charge in [-0.15, -0.1) is 0 Å². The third-order valence-corrected chi connectivity index (χ3v) is 3.76. The summed E-state index contributed by atoms with van der Waals surface area (Å²) in [7, 11) is 1.80. The topological polar surface area (TPSA) is 24.9 Å². The maximum Gasteiger partial charge on any atom is 0.0806 e. The minimum absolute atomic E-state index is 0.254. The number of hydrogen-bond acceptors (Lipinski definition) is 2. The molecule has 6 heteroatoms. The predicted octanol–water partition coefficient (Wildman–Crippen LogP) is 5.00. The van der Waals surface area contributed by atoms with E-state index in [1.807, 2.05) is 0 Å². The Bertz CT molecular complexity index is 601. The van der Waals surface area contributed by atoms with Crippen LogP contribution in [0.1, 0.15) is 17.3 Å². The molecule has 1 atom stereocenters. The van der Waals surface area contributed by atoms with Crippen molar-refractivity contribution in [3.05, 3.63) is 61.8 Å². The van der Waals surface area contributed by atoms with Crippen LogP contribution in [0.3, 0.4) is 0 Å². The number of pyridine rings is 1. The lowest BCUT2D eigenvalue weighted by molar-refractivity contribution is 0.671. The molecule has 0 fully saturated rings. The molecule has 0 amide bonds. The van der Waals surface area contributed by atoms with E-state index in [2.05, 4.69) is 10.3 Å². The zero-order chi connectivity index (χ0) is 14.0. The minimum atomic E-state index is -0.254. The van der Waals surface area contributed by atoms with Gasteiger partial charge in [0.25, 0.3) is 0 Å². The van der Waals surface area contributed by atoms with Crippen molar-refractivity contribution in [2.45, 2.75) is 6.04 Å². The van der Waals surface area contributed by atoms with Gasteiger partial charge in [0, 0.05) is 16.2 Å². The summed E-state index contributed by atoms with van der Waals surface area (Å²) in [6, 6.07) is 6.66. The molecular weight excluding hydrogens is 326 g/mol. The summed E-state index contributed by atoms with van der Waals surface area (Å²) < 4.78 is 0. The van der Waals surface area contributed by atoms with Crippen LogP contribution in [0.5, 0.6) is 0 Å². The van der Waals surface area contributed by atoms with E-state index in [1.165, 1.54) is 0 Å². The van der Waals surface area contributed by atoms with Gasteiger partial charge in [0.05, 0.1) is 21.8 Å². The van der Waals surface area contributed by atoms with Crippen LogP contribution in [0.25, 0.3) is 0 Å². The van der Waals surface area contributed by atoms with Crippen molar-refractivity contribution in [1.29, 1.82) is 0 Å². The first-order valence-electron chi connectivity index (χ1n) is 5.46. The second-order valence-electron chi connectivity index (χ2n) is 3.91. The van der Waals surface area contributed by atoms with Crippen LogP contribution in [0, 0.1) is 0 Å². The van der Waals surface area contributed by atoms with Crippen LogP contribution in [-0.2, 0) is 0 Å². The highest BCUT2D eigenvalue weighted by atomic mass is 35.5. The lowest BCUT2D eigenvalue weighted by atomic mass is 10.0. The molecule has 0 aliphatic carbocycles. The highest BCUT2D eigenvalue weighted by Crippen LogP contribution is 2.33. The number of aromatic nitrogens is 1. The molecule has 0 aliphatic heterocycles. The molecule has 0 spiro atoms. The molecule has 1 aromatic carbocycles. The lowest BCUT2D eigenvalue weighted by Crippen LogP contribution is -2.19. The molecule has 1 unspecified atom stereocenters. The second-order valence-corrected chi connectivity index (χ2v) is 5.60. The Morgan fingerprint density at radius 1 is 1.00 bits per heavy atom. The monoisotopic (exact) mass is 334 g/mol. The first kappa shape index (κ1) is 14.9. The first-order valence-corrected chi connectivity index (χ1v) is 6.97. The third kappa shape index (κ3) is 3.33. The lowest BCUT2D eigenvalue weighted by Gasteiger charge is -2.19. The fraction of sp³-hybridized carbons (Fsp3) is 0.154. The van der Waals surface area contributed by atoms with E-state index in [0.717, 1.165) is 5.56 Å². The Morgan fingerprint density at radius 2 is 1.74 bits per heavy atom. The zero-order valence-electron chi connectivity index (χ0n) is 9.92. The minimum Gasteiger partial charge on any atom is -0.308 e. The first-order chi connectivity index (χ1) is 9.02. The Morgan fingerprint density at radius 3 is 2.37 bits per heavy atom. The summed E-state index contributed by atoms with van der Waals surface area (Å²) >= 11 is 24.3. The molecule has 1 N–H and O–H groups in total. The number of nitrogens with zero attached hydrogens (tertiary/aromatic N) is 1. The average Bonchev–Trinajstić information content (AvgIpc) is 2.36. The van der Waals surface area contributed by atoms with Crippen molar-refractivity contribution in [3.8, 4) is 0 Å². The fourth-order valence-corrected chi connectivity index (χ4v) is 2.71. The van der Waals surface area contributed by atoms with Crippen molar-refractivity contribution < 1.29 is 0 Å². The van der Waals surface area contributed by atoms with Gasteiger partial charge in [-0.3, -0.25) is 4.98 Å². The van der Waals surface area contributed by atoms with E-state index in [9.17, 15) is 0 Å². The third-order valence-electron chi connectivity index (χ3n) is 2.67. The van der Waals surface area contributed by atoms with Crippen molar-refractivity contribution in [3.63, 3.8) is 0 Å². The molecule has 2 aromatic rings. The van der Waals surface area contributed by atoms with Gasteiger partial charge in [-0.2, -0.15) is 0 Å². The molecule has 0 saturated carbocycles. The summed E-state index contributed by atoms with van der Waals surface area (Å²) in [5, 5.41) is 5.29. The SMILES string of the molecule is CNC(c1cc(Cl)ccc1Cl)c1ncc(Cl)cc1Cl. The highest BCUT2D eigenvalue weighted by molar-refractivity contribution is 6.35. The summed E-state index contributed by atoms with van der Waals surface area (Å²) in [6.45, 7) is 0. The van der Waals surface area contributed by atoms with E-state index in [0.29, 0.717) is 25.8 Å². The molecule has 19 heavy (non-hydrogen) atoms. The summed E-state index contributed by atoms with van der Waals surface area (Å²) in [5.41, 5.74) is 1.46. The molecule has 0 radical (unpaired) electrons. The van der Waals surface area contributed by atoms with Crippen LogP contribution in [0.4, 0.5) is 0 Å². The van der Waals surface area contributed by atoms with E-state index < -0.39 is 0 Å². The molecular formula is C13H10Cl4N2. The molecule has 1 aromatic heterocycles. The molecule has 100 valence electrons. The summed E-state index contributed by atoms with van der Waals surface area (Å²) in [6.07, 6.45) is 1.55. The molecule has 0 bridgehead atoms. The van der Waals surface area contributed by atoms with Gasteiger partial charge in [0.15, 0.2) is 0 Å². The normalized spacial score (nSPS) is 12.5. The van der Waals surface area contributed by atoms with Crippen molar-refractivity contribution >= 4 is 46.4 Å². The van der Waals surface area contributed by atoms with Crippen LogP contribution in [0.2, 0.25) is 20.1 Å². The number of hydrogen-bond donors (Lipinski definition) is 1. The smallest absolute Gasteiger partial charge is 0.0806 e. The maximum atomic E-state index is 6.21. The van der Waals surface area contributed by atoms with Crippen LogP contribution < -0.4 is 5.32 Å². The van der Waals surface area contributed by atoms with Gasteiger partial charge in [-0.25, -0.2) is 0 Å². The molecule has 0 aliphatic rings. The number of rotatable bonds is 3. The summed E-state index contributed by atoms with van der Waals surface area (Å²) in [5.74, 6) is 0. The Kier molecular flexibility index (Phi) is 4.93. The van der Waals surface area contributed by atoms with E-state index >= 15 is 0 Å².